The van der Waals surface area contributed by atoms with Crippen molar-refractivity contribution < 1.29 is 14.3 Å². The molecule has 106 valence electrons. The van der Waals surface area contributed by atoms with Crippen molar-refractivity contribution >= 4 is 27.6 Å². The average molecular weight is 281 g/mol. The van der Waals surface area contributed by atoms with Gasteiger partial charge >= 0.3 is 0 Å². The second-order valence-electron chi connectivity index (χ2n) is 5.58. The van der Waals surface area contributed by atoms with Crippen LogP contribution in [-0.4, -0.2) is 35.1 Å². The predicted molar refractivity (Wildman–Crippen MR) is 80.4 cm³/mol. The number of amides is 1. The molecule has 0 unspecified atom stereocenters. The first-order valence-corrected chi connectivity index (χ1v) is 7.03. The minimum Gasteiger partial charge on any atom is -0.450 e. The maximum absolute atomic E-state index is 12.4. The first-order valence-electron chi connectivity index (χ1n) is 7.03. The van der Waals surface area contributed by atoms with Crippen molar-refractivity contribution in [1.82, 2.24) is 4.90 Å². The van der Waals surface area contributed by atoms with Gasteiger partial charge in [0.25, 0.3) is 5.91 Å². The molecule has 4 heteroatoms. The summed E-state index contributed by atoms with van der Waals surface area (Å²) >= 11 is 0. The highest BCUT2D eigenvalue weighted by atomic mass is 16.3. The third kappa shape index (κ3) is 1.76. The summed E-state index contributed by atoms with van der Waals surface area (Å²) in [6.07, 6.45) is -0.403. The van der Waals surface area contributed by atoms with Crippen LogP contribution in [0.5, 0.6) is 0 Å². The number of furan rings is 1. The Morgan fingerprint density at radius 2 is 1.95 bits per heavy atom. The van der Waals surface area contributed by atoms with Gasteiger partial charge in [0.05, 0.1) is 6.10 Å². The number of carbonyl (C=O) groups is 1. The first-order chi connectivity index (χ1) is 10.1. The van der Waals surface area contributed by atoms with Gasteiger partial charge in [-0.05, 0) is 12.3 Å². The molecule has 1 aliphatic rings. The number of hydrogen-bond donors (Lipinski definition) is 1. The fourth-order valence-electron chi connectivity index (χ4n) is 2.92. The number of β-amino-alcohol motifs (C(OH)–C–C–N with tert-alkyl or cyclic N) is 1. The topological polar surface area (TPSA) is 53.7 Å². The number of aliphatic hydroxyl groups excluding tert-OH is 1. The van der Waals surface area contributed by atoms with Crippen molar-refractivity contribution in [3.8, 4) is 0 Å². The van der Waals surface area contributed by atoms with Crippen LogP contribution < -0.4 is 0 Å². The van der Waals surface area contributed by atoms with Crippen LogP contribution in [0.4, 0.5) is 0 Å². The molecule has 0 bridgehead atoms. The SMILES string of the molecule is Cc1c(C(=O)N2CC(O)C2)oc2c1ccc1ccccc12. The summed E-state index contributed by atoms with van der Waals surface area (Å²) < 4.78 is 5.89. The number of hydrogen-bond acceptors (Lipinski definition) is 3. The standard InChI is InChI=1S/C17H15NO3/c1-10-13-7-6-11-4-2-3-5-14(11)16(13)21-15(10)17(20)18-8-12(19)9-18/h2-7,12,19H,8-9H2,1H3. The average Bonchev–Trinajstić information content (AvgIpc) is 2.81. The maximum atomic E-state index is 12.4. The van der Waals surface area contributed by atoms with Gasteiger partial charge in [-0.15, -0.1) is 0 Å². The van der Waals surface area contributed by atoms with Gasteiger partial charge < -0.3 is 14.4 Å². The number of nitrogens with zero attached hydrogens (tertiary/aromatic N) is 1. The second-order valence-corrected chi connectivity index (χ2v) is 5.58. The van der Waals surface area contributed by atoms with Gasteiger partial charge in [-0.3, -0.25) is 4.79 Å². The molecule has 1 N–H and O–H groups in total. The van der Waals surface area contributed by atoms with E-state index in [9.17, 15) is 9.90 Å². The van der Waals surface area contributed by atoms with Crippen molar-refractivity contribution in [1.29, 1.82) is 0 Å². The number of carbonyl (C=O) groups excluding carboxylic acids is 1. The maximum Gasteiger partial charge on any atom is 0.290 e. The van der Waals surface area contributed by atoms with Gasteiger partial charge in [0.15, 0.2) is 5.76 Å². The molecule has 0 atom stereocenters. The minimum atomic E-state index is -0.403. The summed E-state index contributed by atoms with van der Waals surface area (Å²) in [6.45, 7) is 2.68. The van der Waals surface area contributed by atoms with E-state index in [0.29, 0.717) is 18.8 Å². The molecule has 1 amide bonds. The normalized spacial score (nSPS) is 15.6. The van der Waals surface area contributed by atoms with Gasteiger partial charge in [-0.25, -0.2) is 0 Å². The largest absolute Gasteiger partial charge is 0.450 e. The highest BCUT2D eigenvalue weighted by Gasteiger charge is 2.32. The predicted octanol–water partition coefficient (Wildman–Crippen LogP) is 2.71. The highest BCUT2D eigenvalue weighted by molar-refractivity contribution is 6.08. The fourth-order valence-corrected chi connectivity index (χ4v) is 2.92. The first kappa shape index (κ1) is 12.4. The Bertz CT molecular complexity index is 859. The summed E-state index contributed by atoms with van der Waals surface area (Å²) in [5, 5.41) is 12.4. The Morgan fingerprint density at radius 3 is 2.71 bits per heavy atom. The molecule has 1 aliphatic heterocycles. The van der Waals surface area contributed by atoms with E-state index in [1.54, 1.807) is 4.90 Å². The summed E-state index contributed by atoms with van der Waals surface area (Å²) in [7, 11) is 0. The van der Waals surface area contributed by atoms with Crippen LogP contribution >= 0.6 is 0 Å². The zero-order valence-corrected chi connectivity index (χ0v) is 11.7. The van der Waals surface area contributed by atoms with Crippen molar-refractivity contribution in [3.63, 3.8) is 0 Å². The molecule has 1 fully saturated rings. The number of aliphatic hydroxyl groups is 1. The Labute approximate surface area is 121 Å². The van der Waals surface area contributed by atoms with Crippen LogP contribution in [0.1, 0.15) is 16.1 Å². The smallest absolute Gasteiger partial charge is 0.290 e. The van der Waals surface area contributed by atoms with E-state index < -0.39 is 6.10 Å². The second kappa shape index (κ2) is 4.33. The Balaban J connectivity index is 1.89. The van der Waals surface area contributed by atoms with Crippen LogP contribution in [0, 0.1) is 6.92 Å². The number of rotatable bonds is 1. The summed E-state index contributed by atoms with van der Waals surface area (Å²) in [5.74, 6) is 0.242. The lowest BCUT2D eigenvalue weighted by atomic mass is 10.0. The van der Waals surface area contributed by atoms with Gasteiger partial charge in [0, 0.05) is 29.4 Å². The molecule has 3 aromatic rings. The number of likely N-dealkylation sites (tertiary alicyclic amines) is 1. The molecule has 2 aromatic carbocycles. The minimum absolute atomic E-state index is 0.141. The van der Waals surface area contributed by atoms with E-state index in [0.717, 1.165) is 27.3 Å². The molecule has 1 saturated heterocycles. The third-order valence-corrected chi connectivity index (χ3v) is 4.17. The Hall–Kier alpha value is -2.33. The van der Waals surface area contributed by atoms with Crippen molar-refractivity contribution in [2.75, 3.05) is 13.1 Å². The lowest BCUT2D eigenvalue weighted by Crippen LogP contribution is -2.53. The van der Waals surface area contributed by atoms with Crippen molar-refractivity contribution in [2.45, 2.75) is 13.0 Å². The van der Waals surface area contributed by atoms with E-state index in [1.807, 2.05) is 43.3 Å². The number of aryl methyl sites for hydroxylation is 1. The van der Waals surface area contributed by atoms with Gasteiger partial charge in [-0.2, -0.15) is 0 Å². The third-order valence-electron chi connectivity index (χ3n) is 4.17. The molecule has 0 radical (unpaired) electrons. The quantitative estimate of drug-likeness (QED) is 0.746. The molecular formula is C17H15NO3. The van der Waals surface area contributed by atoms with Crippen molar-refractivity contribution in [3.05, 3.63) is 47.7 Å². The van der Waals surface area contributed by atoms with Crippen LogP contribution in [0.15, 0.2) is 40.8 Å². The lowest BCUT2D eigenvalue weighted by Gasteiger charge is -2.35. The zero-order chi connectivity index (χ0) is 14.6. The van der Waals surface area contributed by atoms with Crippen LogP contribution in [0.3, 0.4) is 0 Å². The Kier molecular flexibility index (Phi) is 2.56. The van der Waals surface area contributed by atoms with Gasteiger partial charge in [0.2, 0.25) is 0 Å². The van der Waals surface area contributed by atoms with Crippen LogP contribution in [-0.2, 0) is 0 Å². The fraction of sp³-hybridized carbons (Fsp3) is 0.235. The molecule has 0 saturated carbocycles. The monoisotopic (exact) mass is 281 g/mol. The molecule has 2 heterocycles. The van der Waals surface area contributed by atoms with E-state index in [-0.39, 0.29) is 5.91 Å². The van der Waals surface area contributed by atoms with Crippen molar-refractivity contribution in [2.24, 2.45) is 0 Å². The Morgan fingerprint density at radius 1 is 1.19 bits per heavy atom. The van der Waals surface area contributed by atoms with Crippen LogP contribution in [0.2, 0.25) is 0 Å². The lowest BCUT2D eigenvalue weighted by molar-refractivity contribution is 0.00400. The highest BCUT2D eigenvalue weighted by Crippen LogP contribution is 2.32. The zero-order valence-electron chi connectivity index (χ0n) is 11.7. The summed E-state index contributed by atoms with van der Waals surface area (Å²) in [5.41, 5.74) is 1.62. The van der Waals surface area contributed by atoms with Gasteiger partial charge in [0.1, 0.15) is 5.58 Å². The molecule has 4 nitrogen and oxygen atoms in total. The number of benzene rings is 2. The molecule has 1 aromatic heterocycles. The van der Waals surface area contributed by atoms with E-state index in [4.69, 9.17) is 4.42 Å². The summed E-state index contributed by atoms with van der Waals surface area (Å²) in [4.78, 5) is 14.0. The molecule has 0 spiro atoms. The van der Waals surface area contributed by atoms with E-state index in [2.05, 4.69) is 0 Å². The van der Waals surface area contributed by atoms with Crippen LogP contribution in [0.25, 0.3) is 21.7 Å². The molecule has 4 rings (SSSR count). The van der Waals surface area contributed by atoms with E-state index in [1.165, 1.54) is 0 Å². The van der Waals surface area contributed by atoms with Gasteiger partial charge in [-0.1, -0.05) is 36.4 Å². The molecule has 0 aliphatic carbocycles. The summed E-state index contributed by atoms with van der Waals surface area (Å²) in [6, 6.07) is 12.0. The molecular weight excluding hydrogens is 266 g/mol. The van der Waals surface area contributed by atoms with E-state index >= 15 is 0 Å². The number of fused-ring (bicyclic) bond motifs is 3. The molecule has 21 heavy (non-hydrogen) atoms.